The second kappa shape index (κ2) is 6.66. The highest BCUT2D eigenvalue weighted by molar-refractivity contribution is 5.49. The van der Waals surface area contributed by atoms with E-state index in [-0.39, 0.29) is 12.1 Å². The molecule has 0 aromatic heterocycles. The average Bonchev–Trinajstić information content (AvgIpc) is 2.40. The molecule has 2 rings (SSSR count). The van der Waals surface area contributed by atoms with E-state index in [0.717, 1.165) is 11.4 Å². The van der Waals surface area contributed by atoms with Gasteiger partial charge in [-0.3, -0.25) is 0 Å². The van der Waals surface area contributed by atoms with Gasteiger partial charge in [-0.05, 0) is 70.0 Å². The number of ether oxygens (including phenoxy) is 1. The van der Waals surface area contributed by atoms with Gasteiger partial charge in [-0.1, -0.05) is 23.8 Å². The standard InChI is InChI=1S/C19H25NO/c1-13(2)21-18-9-7-17(8-10-18)20-16(5)19-11-6-14(3)12-15(19)4/h6-13,16,20H,1-5H3. The Bertz CT molecular complexity index is 587. The van der Waals surface area contributed by atoms with Gasteiger partial charge < -0.3 is 10.1 Å². The lowest BCUT2D eigenvalue weighted by Crippen LogP contribution is -2.09. The smallest absolute Gasteiger partial charge is 0.119 e. The Morgan fingerprint density at radius 1 is 0.905 bits per heavy atom. The van der Waals surface area contributed by atoms with Crippen molar-refractivity contribution in [2.45, 2.75) is 46.8 Å². The number of anilines is 1. The third kappa shape index (κ3) is 4.25. The maximum absolute atomic E-state index is 5.66. The predicted octanol–water partition coefficient (Wildman–Crippen LogP) is 5.26. The van der Waals surface area contributed by atoms with Crippen LogP contribution in [0.25, 0.3) is 0 Å². The lowest BCUT2D eigenvalue weighted by atomic mass is 10.00. The van der Waals surface area contributed by atoms with Gasteiger partial charge in [0.2, 0.25) is 0 Å². The van der Waals surface area contributed by atoms with Crippen LogP contribution in [-0.2, 0) is 0 Å². The summed E-state index contributed by atoms with van der Waals surface area (Å²) in [6, 6.07) is 15.0. The van der Waals surface area contributed by atoms with Gasteiger partial charge in [-0.2, -0.15) is 0 Å². The molecule has 112 valence electrons. The van der Waals surface area contributed by atoms with Crippen molar-refractivity contribution in [3.05, 3.63) is 59.2 Å². The number of nitrogens with one attached hydrogen (secondary N) is 1. The van der Waals surface area contributed by atoms with E-state index in [2.05, 4.69) is 56.4 Å². The molecular formula is C19H25NO. The van der Waals surface area contributed by atoms with E-state index in [1.165, 1.54) is 16.7 Å². The summed E-state index contributed by atoms with van der Waals surface area (Å²) < 4.78 is 5.66. The second-order valence-electron chi connectivity index (χ2n) is 5.92. The van der Waals surface area contributed by atoms with Gasteiger partial charge in [0.1, 0.15) is 5.75 Å². The molecule has 2 heteroatoms. The highest BCUT2D eigenvalue weighted by Crippen LogP contribution is 2.24. The molecule has 2 nitrogen and oxygen atoms in total. The van der Waals surface area contributed by atoms with E-state index in [0.29, 0.717) is 0 Å². The van der Waals surface area contributed by atoms with Crippen LogP contribution in [0.1, 0.15) is 43.5 Å². The predicted molar refractivity (Wildman–Crippen MR) is 90.2 cm³/mol. The zero-order valence-corrected chi connectivity index (χ0v) is 13.6. The maximum Gasteiger partial charge on any atom is 0.119 e. The quantitative estimate of drug-likeness (QED) is 0.807. The van der Waals surface area contributed by atoms with Crippen LogP contribution in [-0.4, -0.2) is 6.10 Å². The first-order valence-electron chi connectivity index (χ1n) is 7.56. The van der Waals surface area contributed by atoms with Crippen molar-refractivity contribution in [1.82, 2.24) is 0 Å². The summed E-state index contributed by atoms with van der Waals surface area (Å²) in [5.41, 5.74) is 5.08. The first-order chi connectivity index (χ1) is 9.95. The maximum atomic E-state index is 5.66. The molecule has 0 spiro atoms. The first kappa shape index (κ1) is 15.4. The van der Waals surface area contributed by atoms with Crippen molar-refractivity contribution >= 4 is 5.69 Å². The molecule has 1 atom stereocenters. The Labute approximate surface area is 128 Å². The molecule has 0 aliphatic rings. The van der Waals surface area contributed by atoms with E-state index in [1.54, 1.807) is 0 Å². The minimum Gasteiger partial charge on any atom is -0.491 e. The molecule has 0 aliphatic heterocycles. The highest BCUT2D eigenvalue weighted by atomic mass is 16.5. The molecule has 0 fully saturated rings. The van der Waals surface area contributed by atoms with Crippen molar-refractivity contribution < 1.29 is 4.74 Å². The van der Waals surface area contributed by atoms with Crippen LogP contribution in [0, 0.1) is 13.8 Å². The zero-order chi connectivity index (χ0) is 15.4. The number of rotatable bonds is 5. The molecule has 0 radical (unpaired) electrons. The summed E-state index contributed by atoms with van der Waals surface area (Å²) in [5, 5.41) is 3.54. The van der Waals surface area contributed by atoms with Gasteiger partial charge in [0.05, 0.1) is 6.10 Å². The Kier molecular flexibility index (Phi) is 4.89. The van der Waals surface area contributed by atoms with Crippen LogP contribution in [0.5, 0.6) is 5.75 Å². The number of hydrogen-bond donors (Lipinski definition) is 1. The number of hydrogen-bond acceptors (Lipinski definition) is 2. The summed E-state index contributed by atoms with van der Waals surface area (Å²) in [4.78, 5) is 0. The summed E-state index contributed by atoms with van der Waals surface area (Å²) >= 11 is 0. The second-order valence-corrected chi connectivity index (χ2v) is 5.92. The summed E-state index contributed by atoms with van der Waals surface area (Å²) in [5.74, 6) is 0.912. The molecular weight excluding hydrogens is 258 g/mol. The molecule has 0 amide bonds. The molecule has 0 bridgehead atoms. The van der Waals surface area contributed by atoms with E-state index in [9.17, 15) is 0 Å². The SMILES string of the molecule is Cc1ccc(C(C)Nc2ccc(OC(C)C)cc2)c(C)c1. The molecule has 21 heavy (non-hydrogen) atoms. The van der Waals surface area contributed by atoms with E-state index in [4.69, 9.17) is 4.74 Å². The number of aryl methyl sites for hydroxylation is 2. The molecule has 1 N–H and O–H groups in total. The van der Waals surface area contributed by atoms with Crippen molar-refractivity contribution in [3.8, 4) is 5.75 Å². The zero-order valence-electron chi connectivity index (χ0n) is 13.6. The lowest BCUT2D eigenvalue weighted by molar-refractivity contribution is 0.242. The summed E-state index contributed by atoms with van der Waals surface area (Å²) in [6.45, 7) is 10.6. The Morgan fingerprint density at radius 3 is 2.14 bits per heavy atom. The van der Waals surface area contributed by atoms with Crippen molar-refractivity contribution in [2.24, 2.45) is 0 Å². The van der Waals surface area contributed by atoms with Crippen LogP contribution < -0.4 is 10.1 Å². The van der Waals surface area contributed by atoms with E-state index in [1.807, 2.05) is 26.0 Å². The van der Waals surface area contributed by atoms with Crippen molar-refractivity contribution in [1.29, 1.82) is 0 Å². The fraction of sp³-hybridized carbons (Fsp3) is 0.368. The Morgan fingerprint density at radius 2 is 1.57 bits per heavy atom. The normalized spacial score (nSPS) is 12.3. The van der Waals surface area contributed by atoms with Crippen LogP contribution in [0.15, 0.2) is 42.5 Å². The van der Waals surface area contributed by atoms with Crippen LogP contribution in [0.2, 0.25) is 0 Å². The van der Waals surface area contributed by atoms with Crippen molar-refractivity contribution in [2.75, 3.05) is 5.32 Å². The molecule has 0 aliphatic carbocycles. The number of benzene rings is 2. The third-order valence-corrected chi connectivity index (χ3v) is 3.50. The monoisotopic (exact) mass is 283 g/mol. The lowest BCUT2D eigenvalue weighted by Gasteiger charge is -2.19. The molecule has 0 heterocycles. The van der Waals surface area contributed by atoms with Crippen LogP contribution in [0.4, 0.5) is 5.69 Å². The topological polar surface area (TPSA) is 21.3 Å². The molecule has 2 aromatic rings. The van der Waals surface area contributed by atoms with E-state index < -0.39 is 0 Å². The van der Waals surface area contributed by atoms with Gasteiger partial charge in [-0.25, -0.2) is 0 Å². The van der Waals surface area contributed by atoms with Gasteiger partial charge in [-0.15, -0.1) is 0 Å². The van der Waals surface area contributed by atoms with Gasteiger partial charge in [0, 0.05) is 11.7 Å². The summed E-state index contributed by atoms with van der Waals surface area (Å²) in [7, 11) is 0. The third-order valence-electron chi connectivity index (χ3n) is 3.50. The first-order valence-corrected chi connectivity index (χ1v) is 7.56. The molecule has 1 unspecified atom stereocenters. The minimum absolute atomic E-state index is 0.206. The fourth-order valence-corrected chi connectivity index (χ4v) is 2.54. The molecule has 0 saturated heterocycles. The molecule has 0 saturated carbocycles. The highest BCUT2D eigenvalue weighted by Gasteiger charge is 2.08. The van der Waals surface area contributed by atoms with Gasteiger partial charge in [0.15, 0.2) is 0 Å². The van der Waals surface area contributed by atoms with Crippen molar-refractivity contribution in [3.63, 3.8) is 0 Å². The fourth-order valence-electron chi connectivity index (χ4n) is 2.54. The van der Waals surface area contributed by atoms with Crippen LogP contribution >= 0.6 is 0 Å². The van der Waals surface area contributed by atoms with Gasteiger partial charge in [0.25, 0.3) is 0 Å². The van der Waals surface area contributed by atoms with Crippen LogP contribution in [0.3, 0.4) is 0 Å². The molecule has 2 aromatic carbocycles. The minimum atomic E-state index is 0.206. The Hall–Kier alpha value is -1.96. The average molecular weight is 283 g/mol. The Balaban J connectivity index is 2.06. The van der Waals surface area contributed by atoms with Gasteiger partial charge >= 0.3 is 0 Å². The summed E-state index contributed by atoms with van der Waals surface area (Å²) in [6.07, 6.45) is 0.206. The van der Waals surface area contributed by atoms with E-state index >= 15 is 0 Å². The largest absolute Gasteiger partial charge is 0.491 e.